The van der Waals surface area contributed by atoms with Crippen molar-refractivity contribution >= 4 is 23.2 Å². The number of carbonyl (C=O) groups is 1. The van der Waals surface area contributed by atoms with Gasteiger partial charge in [0.25, 0.3) is 0 Å². The molecular formula is C15H18N4O2. The molecule has 2 N–H and O–H groups in total. The molecule has 2 amide bonds. The summed E-state index contributed by atoms with van der Waals surface area (Å²) in [7, 11) is 0. The summed E-state index contributed by atoms with van der Waals surface area (Å²) in [5.74, 6) is 1.05. The third-order valence-corrected chi connectivity index (χ3v) is 3.47. The zero-order valence-corrected chi connectivity index (χ0v) is 11.9. The number of nitrogens with one attached hydrogen (secondary N) is 2. The molecule has 0 bridgehead atoms. The lowest BCUT2D eigenvalue weighted by Crippen LogP contribution is -2.20. The molecule has 1 aromatic heterocycles. The molecule has 0 atom stereocenters. The highest BCUT2D eigenvalue weighted by Gasteiger charge is 2.12. The highest BCUT2D eigenvalue weighted by atomic mass is 16.5. The van der Waals surface area contributed by atoms with Crippen molar-refractivity contribution in [2.24, 2.45) is 0 Å². The van der Waals surface area contributed by atoms with Gasteiger partial charge in [0.1, 0.15) is 5.76 Å². The van der Waals surface area contributed by atoms with Crippen LogP contribution in [0.2, 0.25) is 0 Å². The summed E-state index contributed by atoms with van der Waals surface area (Å²) in [6.07, 6.45) is 2.50. The molecule has 110 valence electrons. The second-order valence-electron chi connectivity index (χ2n) is 5.14. The molecule has 21 heavy (non-hydrogen) atoms. The van der Waals surface area contributed by atoms with E-state index in [4.69, 9.17) is 4.52 Å². The number of aromatic nitrogens is 1. The molecule has 3 rings (SSSR count). The van der Waals surface area contributed by atoms with Gasteiger partial charge in [-0.3, -0.25) is 5.32 Å². The fourth-order valence-corrected chi connectivity index (χ4v) is 2.43. The smallest absolute Gasteiger partial charge is 0.324 e. The van der Waals surface area contributed by atoms with Crippen molar-refractivity contribution in [1.82, 2.24) is 5.16 Å². The highest BCUT2D eigenvalue weighted by molar-refractivity contribution is 5.99. The van der Waals surface area contributed by atoms with Crippen LogP contribution in [0.5, 0.6) is 0 Å². The first-order valence-corrected chi connectivity index (χ1v) is 7.07. The SMILES string of the molecule is Cc1cc(NC(=O)Nc2ccc(N3CCCC3)cc2)no1. The van der Waals surface area contributed by atoms with E-state index >= 15 is 0 Å². The molecule has 2 aromatic rings. The van der Waals surface area contributed by atoms with E-state index in [-0.39, 0.29) is 6.03 Å². The average molecular weight is 286 g/mol. The number of carbonyl (C=O) groups excluding carboxylic acids is 1. The van der Waals surface area contributed by atoms with E-state index in [1.807, 2.05) is 24.3 Å². The zero-order valence-electron chi connectivity index (χ0n) is 11.9. The Morgan fingerprint density at radius 1 is 1.19 bits per heavy atom. The van der Waals surface area contributed by atoms with E-state index in [0.717, 1.165) is 18.8 Å². The summed E-state index contributed by atoms with van der Waals surface area (Å²) < 4.78 is 4.89. The lowest BCUT2D eigenvalue weighted by atomic mass is 10.2. The average Bonchev–Trinajstić information content (AvgIpc) is 3.11. The fraction of sp³-hybridized carbons (Fsp3) is 0.333. The van der Waals surface area contributed by atoms with Crippen molar-refractivity contribution in [2.45, 2.75) is 19.8 Å². The van der Waals surface area contributed by atoms with Gasteiger partial charge in [-0.05, 0) is 44.0 Å². The minimum absolute atomic E-state index is 0.336. The molecule has 2 heterocycles. The van der Waals surface area contributed by atoms with Crippen molar-refractivity contribution in [1.29, 1.82) is 0 Å². The lowest BCUT2D eigenvalue weighted by Gasteiger charge is -2.17. The van der Waals surface area contributed by atoms with Crippen molar-refractivity contribution < 1.29 is 9.32 Å². The monoisotopic (exact) mass is 286 g/mol. The topological polar surface area (TPSA) is 70.4 Å². The quantitative estimate of drug-likeness (QED) is 0.908. The Kier molecular flexibility index (Phi) is 3.77. The third kappa shape index (κ3) is 3.34. The summed E-state index contributed by atoms with van der Waals surface area (Å²) >= 11 is 0. The summed E-state index contributed by atoms with van der Waals surface area (Å²) in [6, 6.07) is 9.19. The van der Waals surface area contributed by atoms with Crippen LogP contribution in [-0.4, -0.2) is 24.3 Å². The van der Waals surface area contributed by atoms with Gasteiger partial charge in [0, 0.05) is 30.5 Å². The van der Waals surface area contributed by atoms with Gasteiger partial charge >= 0.3 is 6.03 Å². The van der Waals surface area contributed by atoms with Crippen LogP contribution < -0.4 is 15.5 Å². The predicted octanol–water partition coefficient (Wildman–Crippen LogP) is 3.23. The van der Waals surface area contributed by atoms with Gasteiger partial charge in [0.15, 0.2) is 5.82 Å². The van der Waals surface area contributed by atoms with E-state index in [1.165, 1.54) is 18.5 Å². The van der Waals surface area contributed by atoms with Crippen LogP contribution in [0, 0.1) is 6.92 Å². The van der Waals surface area contributed by atoms with Crippen molar-refractivity contribution in [3.8, 4) is 0 Å². The number of amides is 2. The minimum Gasteiger partial charge on any atom is -0.372 e. The molecule has 6 nitrogen and oxygen atoms in total. The Hall–Kier alpha value is -2.50. The van der Waals surface area contributed by atoms with Gasteiger partial charge in [-0.25, -0.2) is 4.79 Å². The molecule has 1 aliphatic rings. The van der Waals surface area contributed by atoms with Crippen molar-refractivity contribution in [2.75, 3.05) is 28.6 Å². The second kappa shape index (κ2) is 5.87. The van der Waals surface area contributed by atoms with Gasteiger partial charge in [-0.15, -0.1) is 0 Å². The maximum atomic E-state index is 11.8. The van der Waals surface area contributed by atoms with Crippen LogP contribution in [-0.2, 0) is 0 Å². The first-order valence-electron chi connectivity index (χ1n) is 7.07. The predicted molar refractivity (Wildman–Crippen MR) is 81.8 cm³/mol. The number of benzene rings is 1. The largest absolute Gasteiger partial charge is 0.372 e. The molecule has 1 aliphatic heterocycles. The summed E-state index contributed by atoms with van der Waals surface area (Å²) in [5.41, 5.74) is 1.95. The van der Waals surface area contributed by atoms with Gasteiger partial charge in [0.05, 0.1) is 0 Å². The number of hydrogen-bond donors (Lipinski definition) is 2. The van der Waals surface area contributed by atoms with Gasteiger partial charge in [0.2, 0.25) is 0 Å². The minimum atomic E-state index is -0.336. The van der Waals surface area contributed by atoms with E-state index < -0.39 is 0 Å². The Morgan fingerprint density at radius 3 is 2.52 bits per heavy atom. The molecule has 6 heteroatoms. The lowest BCUT2D eigenvalue weighted by molar-refractivity contribution is 0.262. The van der Waals surface area contributed by atoms with E-state index in [1.54, 1.807) is 13.0 Å². The van der Waals surface area contributed by atoms with Crippen LogP contribution in [0.4, 0.5) is 22.0 Å². The van der Waals surface area contributed by atoms with Gasteiger partial charge < -0.3 is 14.7 Å². The summed E-state index contributed by atoms with van der Waals surface area (Å²) in [5, 5.41) is 9.09. The molecule has 1 fully saturated rings. The normalized spacial score (nSPS) is 14.2. The number of rotatable bonds is 3. The number of nitrogens with zero attached hydrogens (tertiary/aromatic N) is 2. The standard InChI is InChI=1S/C15H18N4O2/c1-11-10-14(18-21-11)17-15(20)16-12-4-6-13(7-5-12)19-8-2-3-9-19/h4-7,10H,2-3,8-9H2,1H3,(H2,16,17,18,20). The Labute approximate surface area is 123 Å². The van der Waals surface area contributed by atoms with Crippen LogP contribution in [0.25, 0.3) is 0 Å². The first-order chi connectivity index (χ1) is 10.2. The number of hydrogen-bond acceptors (Lipinski definition) is 4. The Morgan fingerprint density at radius 2 is 1.90 bits per heavy atom. The van der Waals surface area contributed by atoms with Crippen LogP contribution in [0.3, 0.4) is 0 Å². The highest BCUT2D eigenvalue weighted by Crippen LogP contribution is 2.22. The molecule has 1 saturated heterocycles. The van der Waals surface area contributed by atoms with E-state index in [2.05, 4.69) is 20.7 Å². The Bertz CT molecular complexity index is 615. The molecule has 0 unspecified atom stereocenters. The summed E-state index contributed by atoms with van der Waals surface area (Å²) in [6.45, 7) is 3.99. The molecule has 0 aliphatic carbocycles. The third-order valence-electron chi connectivity index (χ3n) is 3.47. The van der Waals surface area contributed by atoms with Crippen molar-refractivity contribution in [3.63, 3.8) is 0 Å². The van der Waals surface area contributed by atoms with Gasteiger partial charge in [-0.1, -0.05) is 5.16 Å². The maximum Gasteiger partial charge on any atom is 0.324 e. The fourth-order valence-electron chi connectivity index (χ4n) is 2.43. The van der Waals surface area contributed by atoms with E-state index in [9.17, 15) is 4.79 Å². The zero-order chi connectivity index (χ0) is 14.7. The van der Waals surface area contributed by atoms with Crippen LogP contribution in [0.15, 0.2) is 34.9 Å². The number of urea groups is 1. The molecule has 0 radical (unpaired) electrons. The maximum absolute atomic E-state index is 11.8. The first kappa shape index (κ1) is 13.5. The molecule has 0 spiro atoms. The number of aryl methyl sites for hydroxylation is 1. The van der Waals surface area contributed by atoms with Gasteiger partial charge in [-0.2, -0.15) is 0 Å². The summed E-state index contributed by atoms with van der Waals surface area (Å²) in [4.78, 5) is 14.2. The van der Waals surface area contributed by atoms with Crippen molar-refractivity contribution in [3.05, 3.63) is 36.1 Å². The van der Waals surface area contributed by atoms with Crippen LogP contribution >= 0.6 is 0 Å². The molecule has 1 aromatic carbocycles. The van der Waals surface area contributed by atoms with E-state index in [0.29, 0.717) is 11.6 Å². The second-order valence-corrected chi connectivity index (χ2v) is 5.14. The molecular weight excluding hydrogens is 268 g/mol. The Balaban J connectivity index is 1.58. The van der Waals surface area contributed by atoms with Crippen LogP contribution in [0.1, 0.15) is 18.6 Å². The number of anilines is 3. The molecule has 0 saturated carbocycles.